The summed E-state index contributed by atoms with van der Waals surface area (Å²) in [5.41, 5.74) is 5.55. The first-order chi connectivity index (χ1) is 16.4. The Morgan fingerprint density at radius 3 is 2.38 bits per heavy atom. The first-order valence-electron chi connectivity index (χ1n) is 10.8. The highest BCUT2D eigenvalue weighted by Gasteiger charge is 2.17. The molecule has 1 aromatic heterocycles. The number of aromatic nitrogens is 2. The fourth-order valence-corrected chi connectivity index (χ4v) is 5.06. The fourth-order valence-electron chi connectivity index (χ4n) is 3.88. The molecule has 34 heavy (non-hydrogen) atoms. The zero-order chi connectivity index (χ0) is 23.7. The molecule has 0 aliphatic carbocycles. The van der Waals surface area contributed by atoms with Gasteiger partial charge in [-0.3, -0.25) is 4.72 Å². The number of aryl methyl sites for hydroxylation is 1. The Labute approximate surface area is 203 Å². The van der Waals surface area contributed by atoms with E-state index in [2.05, 4.69) is 40.5 Å². The van der Waals surface area contributed by atoms with Crippen LogP contribution in [0.4, 0.5) is 5.69 Å². The molecule has 0 bridgehead atoms. The molecule has 5 aromatic rings. The van der Waals surface area contributed by atoms with E-state index < -0.39 is 10.0 Å². The summed E-state index contributed by atoms with van der Waals surface area (Å²) in [4.78, 5) is 5.02. The molecule has 0 saturated heterocycles. The summed E-state index contributed by atoms with van der Waals surface area (Å²) >= 11 is 5.90. The maximum atomic E-state index is 12.9. The number of benzene rings is 4. The Morgan fingerprint density at radius 2 is 1.62 bits per heavy atom. The van der Waals surface area contributed by atoms with Gasteiger partial charge in [0.15, 0.2) is 0 Å². The van der Waals surface area contributed by atoms with E-state index in [9.17, 15) is 8.42 Å². The van der Waals surface area contributed by atoms with Gasteiger partial charge in [-0.05, 0) is 61.0 Å². The first-order valence-corrected chi connectivity index (χ1v) is 12.6. The van der Waals surface area contributed by atoms with Gasteiger partial charge in [-0.25, -0.2) is 13.4 Å². The smallest absolute Gasteiger partial charge is 0.261 e. The van der Waals surface area contributed by atoms with Gasteiger partial charge in [-0.2, -0.15) is 0 Å². The highest BCUT2D eigenvalue weighted by Crippen LogP contribution is 2.28. The lowest BCUT2D eigenvalue weighted by molar-refractivity contribution is 0.601. The SMILES string of the molecule is Cc1ccc(Cn2c(-c3cccc(NS(=O)(=O)c4ccc(Cl)cc4)c3)nc3ccccc32)cc1. The van der Waals surface area contributed by atoms with Crippen molar-refractivity contribution in [2.75, 3.05) is 4.72 Å². The van der Waals surface area contributed by atoms with E-state index in [1.165, 1.54) is 17.7 Å². The van der Waals surface area contributed by atoms with E-state index in [0.29, 0.717) is 17.3 Å². The first kappa shape index (κ1) is 22.2. The molecular weight excluding hydrogens is 466 g/mol. The van der Waals surface area contributed by atoms with Crippen molar-refractivity contribution in [1.82, 2.24) is 9.55 Å². The molecule has 7 heteroatoms. The summed E-state index contributed by atoms with van der Waals surface area (Å²) in [5.74, 6) is 0.773. The Balaban J connectivity index is 1.53. The molecule has 5 nitrogen and oxygen atoms in total. The number of nitrogens with one attached hydrogen (secondary N) is 1. The van der Waals surface area contributed by atoms with Crippen LogP contribution in [0.3, 0.4) is 0 Å². The second-order valence-electron chi connectivity index (χ2n) is 8.14. The molecule has 4 aromatic carbocycles. The molecule has 0 saturated carbocycles. The molecule has 0 amide bonds. The zero-order valence-electron chi connectivity index (χ0n) is 18.4. The van der Waals surface area contributed by atoms with Gasteiger partial charge < -0.3 is 4.57 Å². The third kappa shape index (κ3) is 4.55. The average Bonchev–Trinajstić information content (AvgIpc) is 3.19. The van der Waals surface area contributed by atoms with Gasteiger partial charge in [0.25, 0.3) is 10.0 Å². The van der Waals surface area contributed by atoms with Crippen LogP contribution in [0.5, 0.6) is 0 Å². The van der Waals surface area contributed by atoms with Crippen LogP contribution >= 0.6 is 11.6 Å². The largest absolute Gasteiger partial charge is 0.319 e. The maximum absolute atomic E-state index is 12.9. The van der Waals surface area contributed by atoms with Crippen molar-refractivity contribution < 1.29 is 8.42 Å². The van der Waals surface area contributed by atoms with Gasteiger partial charge >= 0.3 is 0 Å². The standard InChI is InChI=1S/C27H22ClN3O2S/c1-19-9-11-20(12-10-19)18-31-26-8-3-2-7-25(26)29-27(31)21-5-4-6-23(17-21)30-34(32,33)24-15-13-22(28)14-16-24/h2-17,30H,18H2,1H3. The summed E-state index contributed by atoms with van der Waals surface area (Å²) in [5, 5.41) is 0.480. The van der Waals surface area contributed by atoms with Crippen molar-refractivity contribution in [1.29, 1.82) is 0 Å². The molecule has 0 radical (unpaired) electrons. The van der Waals surface area contributed by atoms with Gasteiger partial charge in [-0.15, -0.1) is 0 Å². The van der Waals surface area contributed by atoms with Gasteiger partial charge in [0.05, 0.1) is 15.9 Å². The molecule has 0 atom stereocenters. The van der Waals surface area contributed by atoms with Crippen LogP contribution in [0, 0.1) is 6.92 Å². The molecule has 5 rings (SSSR count). The summed E-state index contributed by atoms with van der Waals surface area (Å²) in [6.07, 6.45) is 0. The van der Waals surface area contributed by atoms with Crippen LogP contribution in [0.25, 0.3) is 22.4 Å². The normalized spacial score (nSPS) is 11.6. The summed E-state index contributed by atoms with van der Waals surface area (Å²) in [7, 11) is -3.75. The van der Waals surface area contributed by atoms with Gasteiger partial charge in [0.1, 0.15) is 5.82 Å². The molecule has 0 unspecified atom stereocenters. The van der Waals surface area contributed by atoms with Crippen molar-refractivity contribution in [2.24, 2.45) is 0 Å². The number of hydrogen-bond acceptors (Lipinski definition) is 3. The summed E-state index contributed by atoms with van der Waals surface area (Å²) < 4.78 is 30.5. The minimum absolute atomic E-state index is 0.147. The monoisotopic (exact) mass is 487 g/mol. The summed E-state index contributed by atoms with van der Waals surface area (Å²) in [6, 6.07) is 29.8. The maximum Gasteiger partial charge on any atom is 0.261 e. The number of halogens is 1. The predicted octanol–water partition coefficient (Wildman–Crippen LogP) is 6.51. The van der Waals surface area contributed by atoms with Crippen molar-refractivity contribution in [3.63, 3.8) is 0 Å². The number of hydrogen-bond donors (Lipinski definition) is 1. The number of fused-ring (bicyclic) bond motifs is 1. The van der Waals surface area contributed by atoms with Crippen molar-refractivity contribution >= 4 is 38.3 Å². The molecule has 0 aliphatic rings. The number of rotatable bonds is 6. The van der Waals surface area contributed by atoms with E-state index in [1.807, 2.05) is 36.4 Å². The van der Waals surface area contributed by atoms with Crippen LogP contribution in [-0.4, -0.2) is 18.0 Å². The van der Waals surface area contributed by atoms with Crippen molar-refractivity contribution in [2.45, 2.75) is 18.4 Å². The highest BCUT2D eigenvalue weighted by molar-refractivity contribution is 7.92. The predicted molar refractivity (Wildman–Crippen MR) is 138 cm³/mol. The van der Waals surface area contributed by atoms with Crippen LogP contribution in [0.2, 0.25) is 5.02 Å². The van der Waals surface area contributed by atoms with Crippen molar-refractivity contribution in [3.8, 4) is 11.4 Å². The Morgan fingerprint density at radius 1 is 0.882 bits per heavy atom. The molecule has 1 N–H and O–H groups in total. The fraction of sp³-hybridized carbons (Fsp3) is 0.0741. The Kier molecular flexibility index (Phi) is 5.86. The lowest BCUT2D eigenvalue weighted by Gasteiger charge is -2.12. The van der Waals surface area contributed by atoms with Crippen LogP contribution in [-0.2, 0) is 16.6 Å². The molecule has 1 heterocycles. The van der Waals surface area contributed by atoms with E-state index in [1.54, 1.807) is 24.3 Å². The quantitative estimate of drug-likeness (QED) is 0.297. The van der Waals surface area contributed by atoms with E-state index >= 15 is 0 Å². The Hall–Kier alpha value is -3.61. The number of anilines is 1. The molecular formula is C27H22ClN3O2S. The minimum atomic E-state index is -3.75. The lowest BCUT2D eigenvalue weighted by Crippen LogP contribution is -2.13. The number of para-hydroxylation sites is 2. The second kappa shape index (κ2) is 8.97. The third-order valence-electron chi connectivity index (χ3n) is 5.61. The number of nitrogens with zero attached hydrogens (tertiary/aromatic N) is 2. The van der Waals surface area contributed by atoms with Gasteiger partial charge in [0.2, 0.25) is 0 Å². The number of imidazole rings is 1. The molecule has 0 aliphatic heterocycles. The second-order valence-corrected chi connectivity index (χ2v) is 10.3. The lowest BCUT2D eigenvalue weighted by atomic mass is 10.1. The van der Waals surface area contributed by atoms with Gasteiger partial charge in [-0.1, -0.05) is 65.7 Å². The van der Waals surface area contributed by atoms with Crippen LogP contribution in [0.1, 0.15) is 11.1 Å². The third-order valence-corrected chi connectivity index (χ3v) is 7.26. The average molecular weight is 488 g/mol. The van der Waals surface area contributed by atoms with Crippen molar-refractivity contribution in [3.05, 3.63) is 113 Å². The number of sulfonamides is 1. The topological polar surface area (TPSA) is 64.0 Å². The zero-order valence-corrected chi connectivity index (χ0v) is 20.0. The molecule has 170 valence electrons. The van der Waals surface area contributed by atoms with Crippen LogP contribution in [0.15, 0.2) is 102 Å². The summed E-state index contributed by atoms with van der Waals surface area (Å²) in [6.45, 7) is 2.72. The van der Waals surface area contributed by atoms with E-state index in [0.717, 1.165) is 28.0 Å². The van der Waals surface area contributed by atoms with Crippen LogP contribution < -0.4 is 4.72 Å². The minimum Gasteiger partial charge on any atom is -0.319 e. The highest BCUT2D eigenvalue weighted by atomic mass is 35.5. The van der Waals surface area contributed by atoms with E-state index in [4.69, 9.17) is 16.6 Å². The molecule has 0 spiro atoms. The molecule has 0 fully saturated rings. The van der Waals surface area contributed by atoms with Gasteiger partial charge in [0, 0.05) is 22.8 Å². The van der Waals surface area contributed by atoms with E-state index in [-0.39, 0.29) is 4.90 Å². The Bertz CT molecular complexity index is 1580.